The Labute approximate surface area is 191 Å². The van der Waals surface area contributed by atoms with Crippen molar-refractivity contribution in [1.29, 1.82) is 0 Å². The molecule has 3 rings (SSSR count). The van der Waals surface area contributed by atoms with Gasteiger partial charge in [-0.1, -0.05) is 31.2 Å². The number of nitrogens with zero attached hydrogens (tertiary/aromatic N) is 1. The number of carbonyl (C=O) groups is 3. The summed E-state index contributed by atoms with van der Waals surface area (Å²) in [6.45, 7) is 6.39. The summed E-state index contributed by atoms with van der Waals surface area (Å²) in [5, 5.41) is 10.1. The first-order chi connectivity index (χ1) is 15.5. The number of likely N-dealkylation sites (tertiary alicyclic amines) is 1. The van der Waals surface area contributed by atoms with E-state index in [4.69, 9.17) is 14.6 Å². The van der Waals surface area contributed by atoms with Crippen LogP contribution in [0.2, 0.25) is 0 Å². The number of carboxylic acid groups (broad SMARTS) is 1. The number of aryl methyl sites for hydroxylation is 2. The van der Waals surface area contributed by atoms with E-state index < -0.39 is 0 Å². The molecule has 178 valence electrons. The second-order valence-corrected chi connectivity index (χ2v) is 8.66. The summed E-state index contributed by atoms with van der Waals surface area (Å²) >= 11 is 0. The van der Waals surface area contributed by atoms with Crippen LogP contribution in [0.1, 0.15) is 63.0 Å². The molecule has 1 saturated carbocycles. The number of ether oxygens (including phenoxy) is 1. The van der Waals surface area contributed by atoms with Gasteiger partial charge in [0.1, 0.15) is 0 Å². The zero-order chi connectivity index (χ0) is 23.3. The van der Waals surface area contributed by atoms with Gasteiger partial charge in [0, 0.05) is 32.0 Å². The number of carbonyl (C=O) groups excluding carboxylic acids is 2. The van der Waals surface area contributed by atoms with E-state index in [0.29, 0.717) is 13.0 Å². The second-order valence-electron chi connectivity index (χ2n) is 8.66. The molecule has 1 aromatic rings. The first-order valence-electron chi connectivity index (χ1n) is 11.8. The number of benzene rings is 1. The highest BCUT2D eigenvalue weighted by molar-refractivity contribution is 5.79. The minimum absolute atomic E-state index is 0.00792. The van der Waals surface area contributed by atoms with Gasteiger partial charge in [0.25, 0.3) is 6.47 Å². The van der Waals surface area contributed by atoms with E-state index in [0.717, 1.165) is 58.0 Å². The summed E-state index contributed by atoms with van der Waals surface area (Å²) in [4.78, 5) is 35.8. The standard InChI is InChI=1S/C24H36N2O3.CH2O2/c1-3-16-29-22-17-20(24(28)26-14-6-7-15-26)10-12-21(22)25-23(27)13-11-19-9-5-4-8-18(19)2;2-1-3/h4-5,8-9,20-22H,3,6-7,10-17H2,1-2H3,(H,25,27);1H,(H,2,3)/t20-,21+,22+;/m0./s1. The average Bonchev–Trinajstić information content (AvgIpc) is 3.33. The molecule has 32 heavy (non-hydrogen) atoms. The van der Waals surface area contributed by atoms with Gasteiger partial charge in [0.05, 0.1) is 12.1 Å². The number of nitrogens with one attached hydrogen (secondary N) is 1. The molecule has 2 N–H and O–H groups in total. The number of hydrogen-bond donors (Lipinski definition) is 2. The van der Waals surface area contributed by atoms with Crippen molar-refractivity contribution in [2.24, 2.45) is 5.92 Å². The van der Waals surface area contributed by atoms with E-state index in [1.807, 2.05) is 17.0 Å². The van der Waals surface area contributed by atoms with Gasteiger partial charge in [-0.15, -0.1) is 0 Å². The van der Waals surface area contributed by atoms with Crippen molar-refractivity contribution in [1.82, 2.24) is 10.2 Å². The summed E-state index contributed by atoms with van der Waals surface area (Å²) in [7, 11) is 0. The van der Waals surface area contributed by atoms with Gasteiger partial charge in [-0.3, -0.25) is 14.4 Å². The highest BCUT2D eigenvalue weighted by atomic mass is 16.5. The monoisotopic (exact) mass is 446 g/mol. The molecule has 1 aliphatic heterocycles. The fourth-order valence-electron chi connectivity index (χ4n) is 4.59. The topological polar surface area (TPSA) is 95.9 Å². The molecule has 7 nitrogen and oxygen atoms in total. The molecule has 1 saturated heterocycles. The van der Waals surface area contributed by atoms with Gasteiger partial charge in [-0.05, 0) is 63.0 Å². The molecule has 3 atom stereocenters. The van der Waals surface area contributed by atoms with Crippen molar-refractivity contribution in [3.8, 4) is 0 Å². The second kappa shape index (κ2) is 13.9. The molecular weight excluding hydrogens is 408 g/mol. The predicted octanol–water partition coefficient (Wildman–Crippen LogP) is 3.33. The smallest absolute Gasteiger partial charge is 0.290 e. The maximum atomic E-state index is 12.8. The Balaban J connectivity index is 0.00000114. The molecule has 1 heterocycles. The van der Waals surface area contributed by atoms with Crippen LogP contribution >= 0.6 is 0 Å². The maximum Gasteiger partial charge on any atom is 0.290 e. The molecule has 0 radical (unpaired) electrons. The molecule has 2 amide bonds. The van der Waals surface area contributed by atoms with E-state index >= 15 is 0 Å². The Morgan fingerprint density at radius 2 is 1.91 bits per heavy atom. The van der Waals surface area contributed by atoms with Crippen LogP contribution in [0.3, 0.4) is 0 Å². The molecule has 2 aliphatic rings. The first kappa shape index (κ1) is 25.8. The van der Waals surface area contributed by atoms with E-state index in [1.54, 1.807) is 0 Å². The quantitative estimate of drug-likeness (QED) is 0.597. The Morgan fingerprint density at radius 3 is 2.56 bits per heavy atom. The lowest BCUT2D eigenvalue weighted by Gasteiger charge is -2.37. The van der Waals surface area contributed by atoms with Gasteiger partial charge in [0.15, 0.2) is 0 Å². The Hall–Kier alpha value is -2.41. The van der Waals surface area contributed by atoms with Gasteiger partial charge >= 0.3 is 0 Å². The predicted molar refractivity (Wildman–Crippen MR) is 123 cm³/mol. The Morgan fingerprint density at radius 1 is 1.22 bits per heavy atom. The van der Waals surface area contributed by atoms with Crippen LogP contribution < -0.4 is 5.32 Å². The van der Waals surface area contributed by atoms with Crippen LogP contribution in [0, 0.1) is 12.8 Å². The highest BCUT2D eigenvalue weighted by Crippen LogP contribution is 2.30. The molecule has 2 fully saturated rings. The van der Waals surface area contributed by atoms with Crippen molar-refractivity contribution < 1.29 is 24.2 Å². The van der Waals surface area contributed by atoms with E-state index in [2.05, 4.69) is 31.3 Å². The third kappa shape index (κ3) is 7.93. The SMILES string of the molecule is CCCO[C@@H]1C[C@@H](C(=O)N2CCCC2)CC[C@H]1NC(=O)CCc1ccccc1C.O=CO. The molecule has 1 aromatic carbocycles. The van der Waals surface area contributed by atoms with E-state index in [-0.39, 0.29) is 36.4 Å². The van der Waals surface area contributed by atoms with Crippen molar-refractivity contribution in [3.63, 3.8) is 0 Å². The zero-order valence-electron chi connectivity index (χ0n) is 19.4. The van der Waals surface area contributed by atoms with Crippen LogP contribution in [0.5, 0.6) is 0 Å². The maximum absolute atomic E-state index is 12.8. The minimum Gasteiger partial charge on any atom is -0.483 e. The number of hydrogen-bond acceptors (Lipinski definition) is 4. The lowest BCUT2D eigenvalue weighted by Crippen LogP contribution is -2.50. The summed E-state index contributed by atoms with van der Waals surface area (Å²) < 4.78 is 6.09. The molecule has 1 aliphatic carbocycles. The fraction of sp³-hybridized carbons (Fsp3) is 0.640. The zero-order valence-corrected chi connectivity index (χ0v) is 19.4. The summed E-state index contributed by atoms with van der Waals surface area (Å²) in [6, 6.07) is 8.23. The lowest BCUT2D eigenvalue weighted by molar-refractivity contribution is -0.138. The van der Waals surface area contributed by atoms with E-state index in [1.165, 1.54) is 11.1 Å². The minimum atomic E-state index is -0.250. The van der Waals surface area contributed by atoms with Crippen molar-refractivity contribution >= 4 is 18.3 Å². The largest absolute Gasteiger partial charge is 0.483 e. The molecule has 0 unspecified atom stereocenters. The van der Waals surface area contributed by atoms with Gasteiger partial charge in [0.2, 0.25) is 11.8 Å². The molecule has 0 aromatic heterocycles. The molecule has 7 heteroatoms. The number of rotatable bonds is 8. The molecular formula is C25H38N2O5. The van der Waals surface area contributed by atoms with Crippen molar-refractivity contribution in [2.75, 3.05) is 19.7 Å². The number of amides is 2. The summed E-state index contributed by atoms with van der Waals surface area (Å²) in [5.74, 6) is 0.402. The molecule has 0 bridgehead atoms. The third-order valence-corrected chi connectivity index (χ3v) is 6.32. The first-order valence-corrected chi connectivity index (χ1v) is 11.8. The van der Waals surface area contributed by atoms with Gasteiger partial charge in [-0.2, -0.15) is 0 Å². The lowest BCUT2D eigenvalue weighted by atomic mass is 9.82. The van der Waals surface area contributed by atoms with Crippen molar-refractivity contribution in [3.05, 3.63) is 35.4 Å². The van der Waals surface area contributed by atoms with Gasteiger partial charge < -0.3 is 20.1 Å². The molecule has 0 spiro atoms. The van der Waals surface area contributed by atoms with Crippen molar-refractivity contribution in [2.45, 2.75) is 77.4 Å². The third-order valence-electron chi connectivity index (χ3n) is 6.32. The highest BCUT2D eigenvalue weighted by Gasteiger charge is 2.37. The van der Waals surface area contributed by atoms with Crippen LogP contribution in [0.15, 0.2) is 24.3 Å². The Kier molecular flexibility index (Phi) is 11.2. The summed E-state index contributed by atoms with van der Waals surface area (Å²) in [6.07, 6.45) is 6.72. The summed E-state index contributed by atoms with van der Waals surface area (Å²) in [5.41, 5.74) is 2.45. The average molecular weight is 447 g/mol. The fourth-order valence-corrected chi connectivity index (χ4v) is 4.59. The Bertz CT molecular complexity index is 733. The van der Waals surface area contributed by atoms with Crippen LogP contribution in [0.4, 0.5) is 0 Å². The van der Waals surface area contributed by atoms with Crippen LogP contribution in [-0.4, -0.2) is 60.1 Å². The normalized spacial score (nSPS) is 22.6. The van der Waals surface area contributed by atoms with Gasteiger partial charge in [-0.25, -0.2) is 0 Å². The van der Waals surface area contributed by atoms with Crippen LogP contribution in [-0.2, 0) is 25.5 Å². The van der Waals surface area contributed by atoms with Crippen LogP contribution in [0.25, 0.3) is 0 Å². The van der Waals surface area contributed by atoms with E-state index in [9.17, 15) is 9.59 Å².